The normalized spacial score (nSPS) is 16.5. The van der Waals surface area contributed by atoms with Crippen molar-refractivity contribution in [3.05, 3.63) is 44.6 Å². The summed E-state index contributed by atoms with van der Waals surface area (Å²) in [5.41, 5.74) is 0. The van der Waals surface area contributed by atoms with E-state index in [9.17, 15) is 24.5 Å². The lowest BCUT2D eigenvalue weighted by Crippen LogP contribution is -2.11. The third-order valence-corrected chi connectivity index (χ3v) is 5.96. The van der Waals surface area contributed by atoms with Gasteiger partial charge in [-0.2, -0.15) is 0 Å². The van der Waals surface area contributed by atoms with Gasteiger partial charge in [-0.1, -0.05) is 35.4 Å². The van der Waals surface area contributed by atoms with Crippen molar-refractivity contribution < 1.29 is 29.6 Å². The topological polar surface area (TPSA) is 52.5 Å². The summed E-state index contributed by atoms with van der Waals surface area (Å²) >= 11 is 4.71. The van der Waals surface area contributed by atoms with Crippen LogP contribution in [0, 0.1) is 0 Å². The van der Waals surface area contributed by atoms with E-state index in [1.54, 1.807) is 6.07 Å². The smallest absolute Gasteiger partial charge is 0.310 e. The number of benzene rings is 1. The van der Waals surface area contributed by atoms with Crippen molar-refractivity contribution in [3.63, 3.8) is 0 Å². The molecule has 0 saturated heterocycles. The molecule has 1 aromatic rings. The van der Waals surface area contributed by atoms with Gasteiger partial charge in [-0.3, -0.25) is 4.72 Å². The Morgan fingerprint density at radius 1 is 1.28 bits per heavy atom. The number of halogens is 6. The molecule has 0 spiro atoms. The summed E-state index contributed by atoms with van der Waals surface area (Å²) in [4.78, 5) is -2.01. The SMILES string of the molecule is CS/C(=C/C(=C\CNSc1cc(Br)ccc1O)S(F)(F)(F)(F)F)CO. The molecular formula is C13H15BrF5NO2S3. The number of thioether (sulfide) groups is 1. The number of phenolic OH excluding ortho intramolecular Hbond substituents is 1. The highest BCUT2D eigenvalue weighted by molar-refractivity contribution is 9.10. The molecule has 0 atom stereocenters. The highest BCUT2D eigenvalue weighted by Crippen LogP contribution is 3.02. The van der Waals surface area contributed by atoms with Crippen LogP contribution in [0.1, 0.15) is 0 Å². The molecule has 0 aliphatic heterocycles. The van der Waals surface area contributed by atoms with E-state index in [-0.39, 0.29) is 16.7 Å². The van der Waals surface area contributed by atoms with Crippen LogP contribution in [0.2, 0.25) is 0 Å². The zero-order valence-corrected chi connectivity index (χ0v) is 16.7. The van der Waals surface area contributed by atoms with Gasteiger partial charge in [-0.05, 0) is 48.6 Å². The second-order valence-corrected chi connectivity index (χ2v) is 9.80. The van der Waals surface area contributed by atoms with Crippen LogP contribution in [0.4, 0.5) is 19.4 Å². The van der Waals surface area contributed by atoms with E-state index in [0.717, 1.165) is 23.7 Å². The van der Waals surface area contributed by atoms with Crippen LogP contribution in [0.15, 0.2) is 49.5 Å². The zero-order valence-electron chi connectivity index (χ0n) is 12.7. The molecule has 0 aromatic heterocycles. The summed E-state index contributed by atoms with van der Waals surface area (Å²) in [7, 11) is -9.89. The fraction of sp³-hybridized carbons (Fsp3) is 0.231. The molecule has 0 bridgehead atoms. The minimum absolute atomic E-state index is 0.109. The van der Waals surface area contributed by atoms with E-state index < -0.39 is 28.3 Å². The number of hydrogen-bond acceptors (Lipinski definition) is 5. The average Bonchev–Trinajstić information content (AvgIpc) is 2.47. The minimum Gasteiger partial charge on any atom is -0.507 e. The van der Waals surface area contributed by atoms with Gasteiger partial charge in [0, 0.05) is 15.9 Å². The summed E-state index contributed by atoms with van der Waals surface area (Å²) in [5, 5.41) is 18.5. The number of aromatic hydroxyl groups is 1. The van der Waals surface area contributed by atoms with Crippen LogP contribution in [-0.4, -0.2) is 29.6 Å². The van der Waals surface area contributed by atoms with Crippen molar-refractivity contribution in [2.24, 2.45) is 0 Å². The summed E-state index contributed by atoms with van der Waals surface area (Å²) < 4.78 is 68.6. The summed E-state index contributed by atoms with van der Waals surface area (Å²) in [5.74, 6) is -0.109. The second kappa shape index (κ2) is 7.69. The predicted octanol–water partition coefficient (Wildman–Crippen LogP) is 6.17. The Morgan fingerprint density at radius 2 is 1.92 bits per heavy atom. The standard InChI is InChI=1S/C13H15BrF5NO2S3/c1-23-10(8-21)7-11(25(15,16,17,18)19)4-5-20-24-13-6-9(14)2-3-12(13)22/h2-4,6-7,20-22H,5,8H2,1H3/b10-7+,11-4+. The van der Waals surface area contributed by atoms with Crippen LogP contribution >= 0.6 is 49.9 Å². The van der Waals surface area contributed by atoms with E-state index in [1.807, 2.05) is 0 Å². The second-order valence-electron chi connectivity index (χ2n) is 4.61. The lowest BCUT2D eigenvalue weighted by molar-refractivity contribution is 0.339. The maximum Gasteiger partial charge on any atom is 0.310 e. The highest BCUT2D eigenvalue weighted by Gasteiger charge is 2.66. The van der Waals surface area contributed by atoms with Crippen molar-refractivity contribution in [2.45, 2.75) is 4.90 Å². The van der Waals surface area contributed by atoms with Crippen molar-refractivity contribution in [2.75, 3.05) is 19.4 Å². The summed E-state index contributed by atoms with van der Waals surface area (Å²) in [6.07, 6.45) is 1.93. The Morgan fingerprint density at radius 3 is 2.44 bits per heavy atom. The molecule has 0 aliphatic carbocycles. The first-order chi connectivity index (χ1) is 11.3. The molecule has 0 heterocycles. The number of hydrogen-bond donors (Lipinski definition) is 3. The van der Waals surface area contributed by atoms with Gasteiger partial charge < -0.3 is 10.2 Å². The Bertz CT molecular complexity index is 689. The monoisotopic (exact) mass is 487 g/mol. The fourth-order valence-electron chi connectivity index (χ4n) is 1.49. The molecule has 3 N–H and O–H groups in total. The van der Waals surface area contributed by atoms with Gasteiger partial charge in [0.2, 0.25) is 0 Å². The Kier molecular flexibility index (Phi) is 6.96. The molecule has 0 aliphatic rings. The average molecular weight is 488 g/mol. The van der Waals surface area contributed by atoms with Crippen LogP contribution in [0.5, 0.6) is 5.75 Å². The van der Waals surface area contributed by atoms with Gasteiger partial charge in [0.1, 0.15) is 10.7 Å². The van der Waals surface area contributed by atoms with E-state index in [0.29, 0.717) is 15.4 Å². The van der Waals surface area contributed by atoms with Crippen molar-refractivity contribution >= 4 is 49.9 Å². The van der Waals surface area contributed by atoms with Crippen LogP contribution in [-0.2, 0) is 0 Å². The van der Waals surface area contributed by atoms with Gasteiger partial charge in [0.25, 0.3) is 0 Å². The highest BCUT2D eigenvalue weighted by atomic mass is 79.9. The quantitative estimate of drug-likeness (QED) is 0.177. The summed E-state index contributed by atoms with van der Waals surface area (Å²) in [6.45, 7) is -1.32. The molecule has 12 heteroatoms. The summed E-state index contributed by atoms with van der Waals surface area (Å²) in [6, 6.07) is 4.45. The molecular weight excluding hydrogens is 473 g/mol. The lowest BCUT2D eigenvalue weighted by Gasteiger charge is -2.41. The maximum atomic E-state index is 13.1. The first-order valence-electron chi connectivity index (χ1n) is 6.44. The van der Waals surface area contributed by atoms with E-state index in [4.69, 9.17) is 5.11 Å². The van der Waals surface area contributed by atoms with E-state index in [2.05, 4.69) is 20.7 Å². The molecule has 144 valence electrons. The van der Waals surface area contributed by atoms with Crippen LogP contribution in [0.25, 0.3) is 0 Å². The minimum atomic E-state index is -9.89. The zero-order chi connectivity index (χ0) is 19.4. The third kappa shape index (κ3) is 7.79. The molecule has 1 aromatic carbocycles. The van der Waals surface area contributed by atoms with Crippen molar-refractivity contribution in [1.29, 1.82) is 0 Å². The molecule has 3 nitrogen and oxygen atoms in total. The molecule has 0 radical (unpaired) electrons. The largest absolute Gasteiger partial charge is 0.507 e. The van der Waals surface area contributed by atoms with E-state index >= 15 is 0 Å². The molecule has 0 amide bonds. The number of nitrogens with one attached hydrogen (secondary N) is 1. The van der Waals surface area contributed by atoms with Gasteiger partial charge in [0.05, 0.1) is 11.5 Å². The molecule has 0 saturated carbocycles. The van der Waals surface area contributed by atoms with Gasteiger partial charge in [-0.25, -0.2) is 0 Å². The number of aliphatic hydroxyl groups is 1. The molecule has 1 rings (SSSR count). The van der Waals surface area contributed by atoms with E-state index in [1.165, 1.54) is 18.4 Å². The van der Waals surface area contributed by atoms with Crippen molar-refractivity contribution in [3.8, 4) is 5.75 Å². The number of aliphatic hydroxyl groups excluding tert-OH is 1. The first kappa shape index (κ1) is 22.6. The lowest BCUT2D eigenvalue weighted by atomic mass is 10.3. The van der Waals surface area contributed by atoms with Crippen LogP contribution < -0.4 is 4.72 Å². The number of phenols is 1. The fourth-order valence-corrected chi connectivity index (χ4v) is 3.89. The Balaban J connectivity index is 2.98. The van der Waals surface area contributed by atoms with Crippen molar-refractivity contribution in [1.82, 2.24) is 4.72 Å². The molecule has 0 fully saturated rings. The molecule has 0 unspecified atom stereocenters. The van der Waals surface area contributed by atoms with Gasteiger partial charge in [0.15, 0.2) is 0 Å². The maximum absolute atomic E-state index is 13.1. The number of rotatable bonds is 8. The third-order valence-electron chi connectivity index (χ3n) is 2.66. The Hall–Kier alpha value is -0.400. The first-order valence-corrected chi connectivity index (χ1v) is 11.2. The van der Waals surface area contributed by atoms with Gasteiger partial charge >= 0.3 is 10.2 Å². The molecule has 25 heavy (non-hydrogen) atoms. The van der Waals surface area contributed by atoms with Crippen LogP contribution in [0.3, 0.4) is 0 Å². The Labute approximate surface area is 158 Å². The predicted molar refractivity (Wildman–Crippen MR) is 99.6 cm³/mol. The number of allylic oxidation sites excluding steroid dienone is 1. The van der Waals surface area contributed by atoms with Gasteiger partial charge in [-0.15, -0.1) is 11.8 Å².